The van der Waals surface area contributed by atoms with Crippen LogP contribution in [-0.2, 0) is 19.9 Å². The average molecular weight is 326 g/mol. The fourth-order valence-electron chi connectivity index (χ4n) is 2.33. The zero-order valence-electron chi connectivity index (χ0n) is 12.4. The van der Waals surface area contributed by atoms with Gasteiger partial charge in [-0.25, -0.2) is 4.98 Å². The highest BCUT2D eigenvalue weighted by Crippen LogP contribution is 2.22. The summed E-state index contributed by atoms with van der Waals surface area (Å²) in [5, 5.41) is 4.98. The largest absolute Gasteiger partial charge is 0.338 e. The highest BCUT2D eigenvalue weighted by Gasteiger charge is 2.14. The Morgan fingerprint density at radius 1 is 1.29 bits per heavy atom. The monoisotopic (exact) mass is 325 g/mol. The predicted octanol–water partition coefficient (Wildman–Crippen LogP) is 3.88. The third-order valence-electron chi connectivity index (χ3n) is 3.51. The van der Waals surface area contributed by atoms with Crippen LogP contribution in [0.15, 0.2) is 30.6 Å². The van der Waals surface area contributed by atoms with E-state index in [1.165, 1.54) is 0 Å². The van der Waals surface area contributed by atoms with Crippen LogP contribution in [-0.4, -0.2) is 22.1 Å². The molecule has 1 heterocycles. The molecule has 1 aromatic heterocycles. The van der Waals surface area contributed by atoms with Gasteiger partial charge in [-0.15, -0.1) is 0 Å². The molecule has 2 rings (SSSR count). The van der Waals surface area contributed by atoms with Gasteiger partial charge in [-0.05, 0) is 37.1 Å². The van der Waals surface area contributed by atoms with Crippen molar-refractivity contribution in [2.24, 2.45) is 7.05 Å². The van der Waals surface area contributed by atoms with Gasteiger partial charge < -0.3 is 9.88 Å². The maximum absolute atomic E-state index is 6.29. The second-order valence-corrected chi connectivity index (χ2v) is 6.09. The van der Waals surface area contributed by atoms with Gasteiger partial charge in [0.05, 0.1) is 0 Å². The van der Waals surface area contributed by atoms with Gasteiger partial charge in [0.2, 0.25) is 0 Å². The van der Waals surface area contributed by atoms with Gasteiger partial charge in [0.15, 0.2) is 0 Å². The van der Waals surface area contributed by atoms with Crippen molar-refractivity contribution in [2.75, 3.05) is 6.54 Å². The number of imidazole rings is 1. The molecule has 1 unspecified atom stereocenters. The number of aromatic nitrogens is 2. The van der Waals surface area contributed by atoms with Gasteiger partial charge in [-0.1, -0.05) is 36.2 Å². The van der Waals surface area contributed by atoms with E-state index < -0.39 is 0 Å². The lowest BCUT2D eigenvalue weighted by atomic mass is 10.0. The standard InChI is InChI=1S/C16H21Cl2N3/c1-3-6-19-14(11-16-20-7-8-21(16)2)9-12-4-5-13(17)10-15(12)18/h4-5,7-8,10,14,19H,3,6,9,11H2,1-2H3. The van der Waals surface area contributed by atoms with Crippen LogP contribution in [0.2, 0.25) is 10.0 Å². The number of benzene rings is 1. The average Bonchev–Trinajstić information content (AvgIpc) is 2.84. The lowest BCUT2D eigenvalue weighted by Crippen LogP contribution is -2.34. The van der Waals surface area contributed by atoms with Crippen LogP contribution >= 0.6 is 23.2 Å². The van der Waals surface area contributed by atoms with Gasteiger partial charge in [-0.3, -0.25) is 0 Å². The zero-order valence-corrected chi connectivity index (χ0v) is 14.0. The first kappa shape index (κ1) is 16.3. The van der Waals surface area contributed by atoms with Gasteiger partial charge in [-0.2, -0.15) is 0 Å². The topological polar surface area (TPSA) is 29.9 Å². The van der Waals surface area contributed by atoms with Crippen LogP contribution in [0, 0.1) is 0 Å². The highest BCUT2D eigenvalue weighted by molar-refractivity contribution is 6.35. The molecule has 114 valence electrons. The molecule has 0 aliphatic heterocycles. The predicted molar refractivity (Wildman–Crippen MR) is 89.2 cm³/mol. The molecule has 1 atom stereocenters. The SMILES string of the molecule is CCCNC(Cc1ccc(Cl)cc1Cl)Cc1nccn1C. The molecule has 0 spiro atoms. The van der Waals surface area contributed by atoms with Gasteiger partial charge in [0.25, 0.3) is 0 Å². The molecule has 0 aliphatic rings. The summed E-state index contributed by atoms with van der Waals surface area (Å²) < 4.78 is 2.06. The van der Waals surface area contributed by atoms with E-state index in [9.17, 15) is 0 Å². The Morgan fingerprint density at radius 3 is 2.71 bits per heavy atom. The van der Waals surface area contributed by atoms with E-state index in [0.717, 1.165) is 42.2 Å². The van der Waals surface area contributed by atoms with Crippen molar-refractivity contribution in [3.8, 4) is 0 Å². The molecule has 3 nitrogen and oxygen atoms in total. The summed E-state index contributed by atoms with van der Waals surface area (Å²) in [6.45, 7) is 3.15. The molecule has 2 aromatic rings. The molecule has 1 aromatic carbocycles. The maximum Gasteiger partial charge on any atom is 0.109 e. The van der Waals surface area contributed by atoms with Gasteiger partial charge in [0.1, 0.15) is 5.82 Å². The quantitative estimate of drug-likeness (QED) is 0.837. The summed E-state index contributed by atoms with van der Waals surface area (Å²) in [5.41, 5.74) is 1.11. The Kier molecular flexibility index (Phi) is 6.09. The number of nitrogens with zero attached hydrogens (tertiary/aromatic N) is 2. The molecule has 5 heteroatoms. The van der Waals surface area contributed by atoms with Crippen LogP contribution in [0.4, 0.5) is 0 Å². The van der Waals surface area contributed by atoms with E-state index >= 15 is 0 Å². The van der Waals surface area contributed by atoms with Crippen molar-refractivity contribution < 1.29 is 0 Å². The Balaban J connectivity index is 2.10. The van der Waals surface area contributed by atoms with Crippen LogP contribution < -0.4 is 5.32 Å². The van der Waals surface area contributed by atoms with Crippen molar-refractivity contribution >= 4 is 23.2 Å². The fraction of sp³-hybridized carbons (Fsp3) is 0.438. The van der Waals surface area contributed by atoms with Crippen molar-refractivity contribution in [1.82, 2.24) is 14.9 Å². The first-order valence-electron chi connectivity index (χ1n) is 7.23. The first-order valence-corrected chi connectivity index (χ1v) is 7.99. The summed E-state index contributed by atoms with van der Waals surface area (Å²) in [4.78, 5) is 4.41. The third kappa shape index (κ3) is 4.73. The van der Waals surface area contributed by atoms with Gasteiger partial charge >= 0.3 is 0 Å². The zero-order chi connectivity index (χ0) is 15.2. The first-order chi connectivity index (χ1) is 10.1. The van der Waals surface area contributed by atoms with Crippen LogP contribution in [0.25, 0.3) is 0 Å². The molecule has 0 fully saturated rings. The smallest absolute Gasteiger partial charge is 0.109 e. The van der Waals surface area contributed by atoms with E-state index in [4.69, 9.17) is 23.2 Å². The van der Waals surface area contributed by atoms with Crippen LogP contribution in [0.1, 0.15) is 24.7 Å². The van der Waals surface area contributed by atoms with Crippen molar-refractivity contribution in [1.29, 1.82) is 0 Å². The summed E-state index contributed by atoms with van der Waals surface area (Å²) in [6.07, 6.45) is 6.65. The number of hydrogen-bond donors (Lipinski definition) is 1. The van der Waals surface area contributed by atoms with Crippen LogP contribution in [0.3, 0.4) is 0 Å². The molecule has 0 aliphatic carbocycles. The number of aryl methyl sites for hydroxylation is 1. The summed E-state index contributed by atoms with van der Waals surface area (Å²) in [6, 6.07) is 6.00. The van der Waals surface area contributed by atoms with Crippen molar-refractivity contribution in [3.05, 3.63) is 52.0 Å². The number of nitrogens with one attached hydrogen (secondary N) is 1. The molecule has 21 heavy (non-hydrogen) atoms. The highest BCUT2D eigenvalue weighted by atomic mass is 35.5. The van der Waals surface area contributed by atoms with Gasteiger partial charge in [0, 0.05) is 41.9 Å². The molecule has 1 N–H and O–H groups in total. The minimum absolute atomic E-state index is 0.310. The van der Waals surface area contributed by atoms with Crippen molar-refractivity contribution in [3.63, 3.8) is 0 Å². The van der Waals surface area contributed by atoms with E-state index in [1.54, 1.807) is 6.07 Å². The maximum atomic E-state index is 6.29. The normalized spacial score (nSPS) is 12.6. The number of hydrogen-bond acceptors (Lipinski definition) is 2. The minimum Gasteiger partial charge on any atom is -0.338 e. The second-order valence-electron chi connectivity index (χ2n) is 5.25. The van der Waals surface area contributed by atoms with Crippen molar-refractivity contribution in [2.45, 2.75) is 32.2 Å². The number of rotatable bonds is 7. The Labute approximate surface area is 136 Å². The molecule has 0 saturated heterocycles. The molecule has 0 bridgehead atoms. The van der Waals surface area contributed by atoms with E-state index in [-0.39, 0.29) is 0 Å². The number of halogens is 2. The fourth-order valence-corrected chi connectivity index (χ4v) is 2.82. The molecule has 0 amide bonds. The minimum atomic E-state index is 0.310. The third-order valence-corrected chi connectivity index (χ3v) is 4.10. The Hall–Kier alpha value is -1.03. The lowest BCUT2D eigenvalue weighted by Gasteiger charge is -2.19. The Morgan fingerprint density at radius 2 is 2.10 bits per heavy atom. The second kappa shape index (κ2) is 7.83. The lowest BCUT2D eigenvalue weighted by molar-refractivity contribution is 0.490. The van der Waals surface area contributed by atoms with E-state index in [0.29, 0.717) is 11.1 Å². The van der Waals surface area contributed by atoms with Crippen LogP contribution in [0.5, 0.6) is 0 Å². The van der Waals surface area contributed by atoms with E-state index in [2.05, 4.69) is 21.8 Å². The van der Waals surface area contributed by atoms with E-state index in [1.807, 2.05) is 31.6 Å². The molecule has 0 saturated carbocycles. The molecular weight excluding hydrogens is 305 g/mol. The molecular formula is C16H21Cl2N3. The Bertz CT molecular complexity index is 581. The summed E-state index contributed by atoms with van der Waals surface area (Å²) >= 11 is 12.2. The molecule has 0 radical (unpaired) electrons. The summed E-state index contributed by atoms with van der Waals surface area (Å²) in [5.74, 6) is 1.08. The summed E-state index contributed by atoms with van der Waals surface area (Å²) in [7, 11) is 2.02.